The fraction of sp³-hybridized carbons (Fsp3) is 0.333. The summed E-state index contributed by atoms with van der Waals surface area (Å²) in [5, 5.41) is 0. The first-order chi connectivity index (χ1) is 17.4. The topological polar surface area (TPSA) is 61.8 Å². The Bertz CT molecular complexity index is 1240. The normalized spacial score (nSPS) is 25.8. The number of carbonyl (C=O) groups is 2. The minimum absolute atomic E-state index is 0.00407. The highest BCUT2D eigenvalue weighted by atomic mass is 32.2. The molecule has 1 heterocycles. The zero-order chi connectivity index (χ0) is 24.9. The zero-order valence-electron chi connectivity index (χ0n) is 20.4. The monoisotopic (exact) mass is 501 g/mol. The van der Waals surface area contributed by atoms with Crippen molar-refractivity contribution in [2.24, 2.45) is 17.8 Å². The molecule has 3 fully saturated rings. The first-order valence-electron chi connectivity index (χ1n) is 12.5. The SMILES string of the molecule is Cc1cc([S+](c2ccccc2)c2ccccc2)cc(C)c1OCC(=O)OC12CC3CC(C(=O)O1)C2C3. The molecular formula is C30H29O5S+. The number of benzene rings is 3. The van der Waals surface area contributed by atoms with Gasteiger partial charge in [0, 0.05) is 18.6 Å². The standard InChI is InChI=1S/C30H29O5S/c1-19-13-24(36(22-9-5-3-6-10-22)23-11-7-4-8-12-23)14-20(2)28(19)33-18-27(31)34-30-17-21-15-25(26(30)16-21)29(32)35-30/h3-14,21,25-26H,15-18H2,1-2H3/q+1. The van der Waals surface area contributed by atoms with Crippen LogP contribution in [0.3, 0.4) is 0 Å². The van der Waals surface area contributed by atoms with E-state index >= 15 is 0 Å². The molecule has 36 heavy (non-hydrogen) atoms. The molecule has 1 saturated heterocycles. The molecule has 0 N–H and O–H groups in total. The predicted molar refractivity (Wildman–Crippen MR) is 136 cm³/mol. The highest BCUT2D eigenvalue weighted by molar-refractivity contribution is 7.97. The number of hydrogen-bond acceptors (Lipinski definition) is 5. The largest absolute Gasteiger partial charge is 0.481 e. The third-order valence-electron chi connectivity index (χ3n) is 7.62. The second-order valence-corrected chi connectivity index (χ2v) is 12.1. The second kappa shape index (κ2) is 9.00. The Morgan fingerprint density at radius 1 is 0.944 bits per heavy atom. The molecule has 0 amide bonds. The smallest absolute Gasteiger partial charge is 0.347 e. The molecule has 6 rings (SSSR count). The maximum Gasteiger partial charge on any atom is 0.347 e. The minimum atomic E-state index is -1.07. The number of carbonyl (C=O) groups excluding carboxylic acids is 2. The van der Waals surface area contributed by atoms with Crippen LogP contribution >= 0.6 is 0 Å². The van der Waals surface area contributed by atoms with Crippen LogP contribution < -0.4 is 4.74 Å². The van der Waals surface area contributed by atoms with Crippen molar-refractivity contribution in [3.8, 4) is 5.75 Å². The molecule has 2 bridgehead atoms. The fourth-order valence-corrected chi connectivity index (χ4v) is 8.51. The third-order valence-corrected chi connectivity index (χ3v) is 9.82. The summed E-state index contributed by atoms with van der Waals surface area (Å²) in [5.74, 6) is -0.811. The predicted octanol–water partition coefficient (Wildman–Crippen LogP) is 5.62. The molecule has 5 nitrogen and oxygen atoms in total. The number of hydrogen-bond donors (Lipinski definition) is 0. The lowest BCUT2D eigenvalue weighted by Gasteiger charge is -2.29. The van der Waals surface area contributed by atoms with Crippen molar-refractivity contribution < 1.29 is 23.8 Å². The lowest BCUT2D eigenvalue weighted by molar-refractivity contribution is -0.223. The van der Waals surface area contributed by atoms with Crippen LogP contribution in [0.2, 0.25) is 0 Å². The Hall–Kier alpha value is -3.25. The van der Waals surface area contributed by atoms with Gasteiger partial charge in [-0.15, -0.1) is 0 Å². The van der Waals surface area contributed by atoms with Crippen molar-refractivity contribution in [2.75, 3.05) is 6.61 Å². The molecule has 3 aromatic rings. The van der Waals surface area contributed by atoms with Gasteiger partial charge in [-0.05, 0) is 68.0 Å². The molecule has 184 valence electrons. The number of esters is 2. The van der Waals surface area contributed by atoms with Gasteiger partial charge in [0.15, 0.2) is 21.3 Å². The van der Waals surface area contributed by atoms with E-state index in [1.807, 2.05) is 26.0 Å². The van der Waals surface area contributed by atoms with Crippen LogP contribution in [0.5, 0.6) is 5.75 Å². The number of rotatable bonds is 7. The van der Waals surface area contributed by atoms with Gasteiger partial charge >= 0.3 is 11.9 Å². The summed E-state index contributed by atoms with van der Waals surface area (Å²) in [4.78, 5) is 28.7. The van der Waals surface area contributed by atoms with Gasteiger partial charge in [0.05, 0.1) is 22.7 Å². The maximum absolute atomic E-state index is 12.8. The lowest BCUT2D eigenvalue weighted by Crippen LogP contribution is -2.40. The van der Waals surface area contributed by atoms with E-state index in [0.29, 0.717) is 18.1 Å². The maximum atomic E-state index is 12.8. The van der Waals surface area contributed by atoms with E-state index in [2.05, 4.69) is 60.7 Å². The van der Waals surface area contributed by atoms with Crippen LogP contribution in [-0.2, 0) is 30.0 Å². The average molecular weight is 502 g/mol. The molecule has 0 radical (unpaired) electrons. The Labute approximate surface area is 214 Å². The van der Waals surface area contributed by atoms with Crippen molar-refractivity contribution in [1.29, 1.82) is 0 Å². The summed E-state index contributed by atoms with van der Waals surface area (Å²) in [6, 6.07) is 25.3. The number of aryl methyl sites for hydroxylation is 2. The van der Waals surface area contributed by atoms with Gasteiger partial charge in [-0.2, -0.15) is 0 Å². The molecule has 2 aliphatic carbocycles. The Kier molecular flexibility index (Phi) is 5.79. The van der Waals surface area contributed by atoms with Gasteiger partial charge in [-0.25, -0.2) is 4.79 Å². The van der Waals surface area contributed by atoms with Crippen molar-refractivity contribution >= 4 is 22.8 Å². The summed E-state index contributed by atoms with van der Waals surface area (Å²) < 4.78 is 17.3. The molecule has 4 unspecified atom stereocenters. The third kappa shape index (κ3) is 3.97. The molecular weight excluding hydrogens is 472 g/mol. The van der Waals surface area contributed by atoms with E-state index in [9.17, 15) is 9.59 Å². The Balaban J connectivity index is 1.20. The van der Waals surface area contributed by atoms with Gasteiger partial charge in [0.25, 0.3) is 5.79 Å². The lowest BCUT2D eigenvalue weighted by atomic mass is 9.87. The van der Waals surface area contributed by atoms with Crippen LogP contribution in [-0.4, -0.2) is 24.3 Å². The first kappa shape index (κ1) is 23.2. The van der Waals surface area contributed by atoms with Crippen LogP contribution in [0, 0.1) is 31.6 Å². The summed E-state index contributed by atoms with van der Waals surface area (Å²) in [6.07, 6.45) is 2.37. The van der Waals surface area contributed by atoms with Crippen molar-refractivity contribution in [3.63, 3.8) is 0 Å². The zero-order valence-corrected chi connectivity index (χ0v) is 21.3. The Morgan fingerprint density at radius 3 is 2.14 bits per heavy atom. The van der Waals surface area contributed by atoms with Crippen molar-refractivity contribution in [3.05, 3.63) is 83.9 Å². The molecule has 2 saturated carbocycles. The minimum Gasteiger partial charge on any atom is -0.481 e. The van der Waals surface area contributed by atoms with Crippen LogP contribution in [0.15, 0.2) is 87.5 Å². The Morgan fingerprint density at radius 2 is 1.56 bits per heavy atom. The molecule has 6 heteroatoms. The van der Waals surface area contributed by atoms with E-state index in [1.54, 1.807) is 0 Å². The molecule has 1 aliphatic heterocycles. The van der Waals surface area contributed by atoms with Gasteiger partial charge in [0.2, 0.25) is 0 Å². The van der Waals surface area contributed by atoms with Crippen LogP contribution in [0.4, 0.5) is 0 Å². The molecule has 0 spiro atoms. The van der Waals surface area contributed by atoms with Gasteiger partial charge in [-0.3, -0.25) is 4.79 Å². The van der Waals surface area contributed by atoms with Gasteiger partial charge in [0.1, 0.15) is 5.75 Å². The highest BCUT2D eigenvalue weighted by Gasteiger charge is 2.68. The summed E-state index contributed by atoms with van der Waals surface area (Å²) in [7, 11) is -0.262. The van der Waals surface area contributed by atoms with Crippen molar-refractivity contribution in [1.82, 2.24) is 0 Å². The van der Waals surface area contributed by atoms with Crippen LogP contribution in [0.1, 0.15) is 30.4 Å². The van der Waals surface area contributed by atoms with E-state index in [-0.39, 0.29) is 35.3 Å². The summed E-state index contributed by atoms with van der Waals surface area (Å²) >= 11 is 0. The molecule has 3 aromatic carbocycles. The fourth-order valence-electron chi connectivity index (χ4n) is 6.24. The first-order valence-corrected chi connectivity index (χ1v) is 13.7. The second-order valence-electron chi connectivity index (χ2n) is 10.1. The van der Waals surface area contributed by atoms with E-state index < -0.39 is 11.8 Å². The van der Waals surface area contributed by atoms with E-state index in [4.69, 9.17) is 14.2 Å². The average Bonchev–Trinajstić information content (AvgIpc) is 3.47. The van der Waals surface area contributed by atoms with Crippen molar-refractivity contribution in [2.45, 2.75) is 53.6 Å². The molecule has 3 aliphatic rings. The number of fused-ring (bicyclic) bond motifs is 1. The van der Waals surface area contributed by atoms with Crippen LogP contribution in [0.25, 0.3) is 0 Å². The van der Waals surface area contributed by atoms with E-state index in [0.717, 1.165) is 24.0 Å². The van der Waals surface area contributed by atoms with E-state index in [1.165, 1.54) is 14.7 Å². The molecule has 4 atom stereocenters. The van der Waals surface area contributed by atoms with Gasteiger partial charge < -0.3 is 14.2 Å². The van der Waals surface area contributed by atoms with Gasteiger partial charge in [-0.1, -0.05) is 36.4 Å². The number of ether oxygens (including phenoxy) is 3. The summed E-state index contributed by atoms with van der Waals surface area (Å²) in [5.41, 5.74) is 1.93. The highest BCUT2D eigenvalue weighted by Crippen LogP contribution is 2.60. The molecule has 0 aromatic heterocycles. The quantitative estimate of drug-likeness (QED) is 0.311. The summed E-state index contributed by atoms with van der Waals surface area (Å²) in [6.45, 7) is 3.80.